The summed E-state index contributed by atoms with van der Waals surface area (Å²) in [4.78, 5) is 26.3. The van der Waals surface area contributed by atoms with Crippen LogP contribution in [0, 0.1) is 0 Å². The molecule has 0 spiro atoms. The first-order valence-corrected chi connectivity index (χ1v) is 10.5. The number of hydrogen-bond acceptors (Lipinski definition) is 5. The molecule has 6 nitrogen and oxygen atoms in total. The topological polar surface area (TPSA) is 80.8 Å². The van der Waals surface area contributed by atoms with Gasteiger partial charge in [-0.2, -0.15) is 0 Å². The second-order valence-electron chi connectivity index (χ2n) is 6.26. The standard InChI is InChI=1S/C16H17Cl2NO5S/c17-12-2-1-3-13(18)15(12)16(21)24-8-14(20)19(10-4-5-10)11-6-7-25(22,23)9-11/h1-3,10-11H,4-9H2/t11-/m1/s1. The van der Waals surface area contributed by atoms with Crippen molar-refractivity contribution in [2.24, 2.45) is 0 Å². The Bertz CT molecular complexity index is 786. The number of ether oxygens (including phenoxy) is 1. The number of rotatable bonds is 5. The summed E-state index contributed by atoms with van der Waals surface area (Å²) in [6.07, 6.45) is 2.11. The van der Waals surface area contributed by atoms with Crippen molar-refractivity contribution < 1.29 is 22.7 Å². The average molecular weight is 406 g/mol. The van der Waals surface area contributed by atoms with E-state index >= 15 is 0 Å². The van der Waals surface area contributed by atoms with Gasteiger partial charge >= 0.3 is 5.97 Å². The Hall–Kier alpha value is -1.31. The minimum absolute atomic E-state index is 0.0139. The molecule has 1 aliphatic carbocycles. The van der Waals surface area contributed by atoms with E-state index in [1.807, 2.05) is 0 Å². The van der Waals surface area contributed by atoms with Crippen LogP contribution >= 0.6 is 23.2 Å². The second kappa shape index (κ2) is 7.13. The summed E-state index contributed by atoms with van der Waals surface area (Å²) in [6.45, 7) is -0.465. The Kier molecular flexibility index (Phi) is 5.27. The first kappa shape index (κ1) is 18.5. The van der Waals surface area contributed by atoms with E-state index < -0.39 is 22.4 Å². The fourth-order valence-corrected chi connectivity index (χ4v) is 5.28. The summed E-state index contributed by atoms with van der Waals surface area (Å²) < 4.78 is 28.4. The Morgan fingerprint density at radius 1 is 1.12 bits per heavy atom. The quantitative estimate of drug-likeness (QED) is 0.702. The lowest BCUT2D eigenvalue weighted by molar-refractivity contribution is -0.137. The van der Waals surface area contributed by atoms with Crippen LogP contribution in [0.4, 0.5) is 0 Å². The molecule has 2 aliphatic rings. The highest BCUT2D eigenvalue weighted by atomic mass is 35.5. The van der Waals surface area contributed by atoms with Crippen molar-refractivity contribution in [2.75, 3.05) is 18.1 Å². The summed E-state index contributed by atoms with van der Waals surface area (Å²) >= 11 is 11.9. The van der Waals surface area contributed by atoms with Crippen LogP contribution in [0.2, 0.25) is 10.0 Å². The van der Waals surface area contributed by atoms with Gasteiger partial charge < -0.3 is 9.64 Å². The van der Waals surface area contributed by atoms with Crippen LogP contribution in [0.15, 0.2) is 18.2 Å². The maximum absolute atomic E-state index is 12.5. The van der Waals surface area contributed by atoms with E-state index in [1.54, 1.807) is 11.0 Å². The van der Waals surface area contributed by atoms with Gasteiger partial charge in [0.1, 0.15) is 0 Å². The molecule has 1 aromatic carbocycles. The van der Waals surface area contributed by atoms with E-state index in [0.29, 0.717) is 6.42 Å². The zero-order chi connectivity index (χ0) is 18.2. The van der Waals surface area contributed by atoms with Gasteiger partial charge in [-0.1, -0.05) is 29.3 Å². The third kappa shape index (κ3) is 4.27. The minimum atomic E-state index is -3.10. The molecule has 0 bridgehead atoms. The highest BCUT2D eigenvalue weighted by Gasteiger charge is 2.42. The van der Waals surface area contributed by atoms with Crippen molar-refractivity contribution in [3.05, 3.63) is 33.8 Å². The van der Waals surface area contributed by atoms with Gasteiger partial charge in [-0.15, -0.1) is 0 Å². The first-order chi connectivity index (χ1) is 11.8. The van der Waals surface area contributed by atoms with Gasteiger partial charge in [0.05, 0.1) is 27.1 Å². The molecule has 1 aromatic rings. The number of amides is 1. The maximum atomic E-state index is 12.5. The Balaban J connectivity index is 1.65. The van der Waals surface area contributed by atoms with Crippen molar-refractivity contribution in [1.82, 2.24) is 4.90 Å². The van der Waals surface area contributed by atoms with Gasteiger partial charge in [-0.25, -0.2) is 13.2 Å². The van der Waals surface area contributed by atoms with Crippen LogP contribution in [0.1, 0.15) is 29.6 Å². The van der Waals surface area contributed by atoms with E-state index in [1.165, 1.54) is 12.1 Å². The normalized spacial score (nSPS) is 21.8. The molecule has 1 aliphatic heterocycles. The molecule has 1 saturated heterocycles. The lowest BCUT2D eigenvalue weighted by Gasteiger charge is -2.28. The molecule has 0 N–H and O–H groups in total. The molecule has 2 fully saturated rings. The summed E-state index contributed by atoms with van der Waals surface area (Å²) in [5.41, 5.74) is 0.0139. The van der Waals surface area contributed by atoms with Gasteiger partial charge in [-0.3, -0.25) is 4.79 Å². The van der Waals surface area contributed by atoms with Crippen LogP contribution in [-0.4, -0.2) is 55.4 Å². The Morgan fingerprint density at radius 3 is 2.28 bits per heavy atom. The number of nitrogens with zero attached hydrogens (tertiary/aromatic N) is 1. The number of sulfone groups is 1. The van der Waals surface area contributed by atoms with Crippen LogP contribution < -0.4 is 0 Å². The zero-order valence-electron chi connectivity index (χ0n) is 13.3. The van der Waals surface area contributed by atoms with Gasteiger partial charge in [0.25, 0.3) is 5.91 Å². The number of hydrogen-bond donors (Lipinski definition) is 0. The molecule has 0 radical (unpaired) electrons. The Labute approximate surface area is 155 Å². The molecule has 25 heavy (non-hydrogen) atoms. The molecule has 1 saturated carbocycles. The van der Waals surface area contributed by atoms with Crippen LogP contribution in [-0.2, 0) is 19.4 Å². The lowest BCUT2D eigenvalue weighted by Crippen LogP contribution is -2.44. The molecule has 3 rings (SSSR count). The number of carbonyl (C=O) groups excluding carboxylic acids is 2. The minimum Gasteiger partial charge on any atom is -0.452 e. The molecule has 1 atom stereocenters. The molecule has 0 unspecified atom stereocenters. The Morgan fingerprint density at radius 2 is 1.76 bits per heavy atom. The fraction of sp³-hybridized carbons (Fsp3) is 0.500. The third-order valence-corrected chi connectivity index (χ3v) is 6.70. The summed E-state index contributed by atoms with van der Waals surface area (Å²) in [5.74, 6) is -1.11. The monoisotopic (exact) mass is 405 g/mol. The van der Waals surface area contributed by atoms with Gasteiger partial charge in [0.2, 0.25) is 0 Å². The van der Waals surface area contributed by atoms with Gasteiger partial charge in [0, 0.05) is 12.1 Å². The molecule has 9 heteroatoms. The predicted octanol–water partition coefficient (Wildman–Crippen LogP) is 2.33. The largest absolute Gasteiger partial charge is 0.452 e. The molecule has 1 heterocycles. The number of halogens is 2. The van der Waals surface area contributed by atoms with E-state index in [9.17, 15) is 18.0 Å². The summed E-state index contributed by atoms with van der Waals surface area (Å²) in [7, 11) is -3.10. The van der Waals surface area contributed by atoms with Crippen LogP contribution in [0.5, 0.6) is 0 Å². The van der Waals surface area contributed by atoms with Gasteiger partial charge in [-0.05, 0) is 31.4 Å². The molecule has 0 aromatic heterocycles. The second-order valence-corrected chi connectivity index (χ2v) is 9.30. The summed E-state index contributed by atoms with van der Waals surface area (Å²) in [5, 5.41) is 0.289. The van der Waals surface area contributed by atoms with Crippen LogP contribution in [0.25, 0.3) is 0 Å². The SMILES string of the molecule is O=C(OCC(=O)N(C1CC1)[C@@H]1CCS(=O)(=O)C1)c1c(Cl)cccc1Cl. The van der Waals surface area contributed by atoms with E-state index in [0.717, 1.165) is 12.8 Å². The average Bonchev–Trinajstić information content (AvgIpc) is 3.29. The highest BCUT2D eigenvalue weighted by molar-refractivity contribution is 7.91. The van der Waals surface area contributed by atoms with Crippen molar-refractivity contribution in [1.29, 1.82) is 0 Å². The van der Waals surface area contributed by atoms with E-state index in [2.05, 4.69) is 0 Å². The fourth-order valence-electron chi connectivity index (χ4n) is 3.02. The number of benzene rings is 1. The van der Waals surface area contributed by atoms with Crippen LogP contribution in [0.3, 0.4) is 0 Å². The number of carbonyl (C=O) groups is 2. The highest BCUT2D eigenvalue weighted by Crippen LogP contribution is 2.32. The first-order valence-electron chi connectivity index (χ1n) is 7.91. The van der Waals surface area contributed by atoms with Crippen molar-refractivity contribution in [3.8, 4) is 0 Å². The zero-order valence-corrected chi connectivity index (χ0v) is 15.6. The molecular formula is C16H17Cl2NO5S. The summed E-state index contributed by atoms with van der Waals surface area (Å²) in [6, 6.07) is 4.31. The third-order valence-electron chi connectivity index (χ3n) is 4.32. The molecule has 136 valence electrons. The van der Waals surface area contributed by atoms with Gasteiger partial charge in [0.15, 0.2) is 16.4 Å². The van der Waals surface area contributed by atoms with Crippen molar-refractivity contribution in [3.63, 3.8) is 0 Å². The molecule has 1 amide bonds. The lowest BCUT2D eigenvalue weighted by atomic mass is 10.2. The van der Waals surface area contributed by atoms with Crippen molar-refractivity contribution >= 4 is 44.9 Å². The molecular weight excluding hydrogens is 389 g/mol. The van der Waals surface area contributed by atoms with E-state index in [4.69, 9.17) is 27.9 Å². The number of esters is 1. The maximum Gasteiger partial charge on any atom is 0.341 e. The van der Waals surface area contributed by atoms with E-state index in [-0.39, 0.29) is 45.1 Å². The predicted molar refractivity (Wildman–Crippen MR) is 93.7 cm³/mol. The smallest absolute Gasteiger partial charge is 0.341 e. The van der Waals surface area contributed by atoms with Crippen molar-refractivity contribution in [2.45, 2.75) is 31.3 Å².